The van der Waals surface area contributed by atoms with E-state index in [2.05, 4.69) is 0 Å². The highest BCUT2D eigenvalue weighted by atomic mass is 35.5. The third kappa shape index (κ3) is 4.48. The molecule has 2 fully saturated rings. The van der Waals surface area contributed by atoms with Gasteiger partial charge in [-0.05, 0) is 49.2 Å². The van der Waals surface area contributed by atoms with Crippen molar-refractivity contribution in [3.05, 3.63) is 63.2 Å². The average molecular weight is 486 g/mol. The number of anilines is 1. The van der Waals surface area contributed by atoms with Gasteiger partial charge in [0.2, 0.25) is 5.91 Å². The van der Waals surface area contributed by atoms with E-state index in [0.717, 1.165) is 30.2 Å². The summed E-state index contributed by atoms with van der Waals surface area (Å²) in [6, 6.07) is 9.16. The van der Waals surface area contributed by atoms with Crippen LogP contribution in [0.1, 0.15) is 48.9 Å². The minimum absolute atomic E-state index is 0.0600. The second-order valence-electron chi connectivity index (χ2n) is 8.41. The van der Waals surface area contributed by atoms with E-state index in [0.29, 0.717) is 24.3 Å². The molecule has 2 aromatic rings. The number of halogens is 1. The maximum absolute atomic E-state index is 13.7. The van der Waals surface area contributed by atoms with Gasteiger partial charge >= 0.3 is 0 Å². The number of nitro groups is 1. The highest BCUT2D eigenvalue weighted by Gasteiger charge is 2.47. The summed E-state index contributed by atoms with van der Waals surface area (Å²) >= 11 is 5.92. The standard InChI is InChI=1S/C24H24ClN3O6/c1-34-18-10-8-17(9-11-18)27-22(29)14-21(24(27)31)26(16-5-3-2-4-6-16)23(30)15-7-12-19(25)20(13-15)28(32)33/h7-13,16,21H,2-6,14H2,1H3. The van der Waals surface area contributed by atoms with Gasteiger partial charge in [0.25, 0.3) is 17.5 Å². The largest absolute Gasteiger partial charge is 0.497 e. The minimum atomic E-state index is -0.986. The summed E-state index contributed by atoms with van der Waals surface area (Å²) in [4.78, 5) is 53.3. The normalized spacial score (nSPS) is 18.8. The molecular weight excluding hydrogens is 462 g/mol. The summed E-state index contributed by atoms with van der Waals surface area (Å²) in [6.45, 7) is 0. The van der Waals surface area contributed by atoms with Crippen molar-refractivity contribution < 1.29 is 24.0 Å². The van der Waals surface area contributed by atoms with Crippen LogP contribution in [0.5, 0.6) is 5.75 Å². The number of carbonyl (C=O) groups excluding carboxylic acids is 3. The van der Waals surface area contributed by atoms with E-state index < -0.39 is 28.7 Å². The van der Waals surface area contributed by atoms with Gasteiger partial charge in [-0.15, -0.1) is 0 Å². The third-order valence-corrected chi connectivity index (χ3v) is 6.70. The summed E-state index contributed by atoms with van der Waals surface area (Å²) in [5.74, 6) is -0.828. The van der Waals surface area contributed by atoms with Gasteiger partial charge in [-0.1, -0.05) is 30.9 Å². The SMILES string of the molecule is COc1ccc(N2C(=O)CC(N(C(=O)c3ccc(Cl)c([N+](=O)[O-])c3)C3CCCCC3)C2=O)cc1. The lowest BCUT2D eigenvalue weighted by atomic mass is 9.92. The molecule has 1 saturated heterocycles. The van der Waals surface area contributed by atoms with Crippen molar-refractivity contribution in [3.8, 4) is 5.75 Å². The zero-order chi connectivity index (χ0) is 24.4. The third-order valence-electron chi connectivity index (χ3n) is 6.38. The van der Waals surface area contributed by atoms with Gasteiger partial charge in [0.05, 0.1) is 24.1 Å². The number of ether oxygens (including phenoxy) is 1. The molecule has 0 bridgehead atoms. The lowest BCUT2D eigenvalue weighted by Gasteiger charge is -2.37. The van der Waals surface area contributed by atoms with Crippen molar-refractivity contribution >= 4 is 40.7 Å². The zero-order valence-electron chi connectivity index (χ0n) is 18.6. The molecule has 1 aliphatic heterocycles. The molecule has 1 atom stereocenters. The van der Waals surface area contributed by atoms with Crippen molar-refractivity contribution in [3.63, 3.8) is 0 Å². The summed E-state index contributed by atoms with van der Waals surface area (Å²) in [5.41, 5.74) is 0.0751. The predicted molar refractivity (Wildman–Crippen MR) is 125 cm³/mol. The van der Waals surface area contributed by atoms with Crippen LogP contribution >= 0.6 is 11.6 Å². The van der Waals surface area contributed by atoms with E-state index in [1.165, 1.54) is 24.1 Å². The quantitative estimate of drug-likeness (QED) is 0.341. The Bertz CT molecular complexity index is 1130. The second kappa shape index (κ2) is 9.80. The molecule has 0 N–H and O–H groups in total. The average Bonchev–Trinajstić information content (AvgIpc) is 3.13. The minimum Gasteiger partial charge on any atom is -0.497 e. The molecule has 1 heterocycles. The first-order valence-electron chi connectivity index (χ1n) is 11.1. The number of nitrogens with zero attached hydrogens (tertiary/aromatic N) is 3. The number of hydrogen-bond acceptors (Lipinski definition) is 6. The van der Waals surface area contributed by atoms with E-state index >= 15 is 0 Å². The van der Waals surface area contributed by atoms with Gasteiger partial charge in [0.15, 0.2) is 0 Å². The van der Waals surface area contributed by atoms with Crippen LogP contribution in [0.3, 0.4) is 0 Å². The number of benzene rings is 2. The van der Waals surface area contributed by atoms with E-state index in [4.69, 9.17) is 16.3 Å². The number of imide groups is 1. The fourth-order valence-corrected chi connectivity index (χ4v) is 4.88. The molecule has 1 aliphatic carbocycles. The Labute approximate surface area is 201 Å². The zero-order valence-corrected chi connectivity index (χ0v) is 19.4. The van der Waals surface area contributed by atoms with Crippen molar-refractivity contribution in [2.75, 3.05) is 12.0 Å². The Morgan fingerprint density at radius 1 is 1.12 bits per heavy atom. The van der Waals surface area contributed by atoms with Gasteiger partial charge in [0.1, 0.15) is 16.8 Å². The molecule has 0 aromatic heterocycles. The Morgan fingerprint density at radius 2 is 1.79 bits per heavy atom. The summed E-state index contributed by atoms with van der Waals surface area (Å²) in [7, 11) is 1.52. The first-order chi connectivity index (χ1) is 16.3. The van der Waals surface area contributed by atoms with Crippen molar-refractivity contribution in [1.82, 2.24) is 4.90 Å². The first kappa shape index (κ1) is 23.7. The molecule has 3 amide bonds. The van der Waals surface area contributed by atoms with Crippen LogP contribution in [-0.2, 0) is 9.59 Å². The molecule has 178 valence electrons. The van der Waals surface area contributed by atoms with Crippen LogP contribution in [-0.4, -0.2) is 46.7 Å². The summed E-state index contributed by atoms with van der Waals surface area (Å²) < 4.78 is 5.14. The Morgan fingerprint density at radius 3 is 2.41 bits per heavy atom. The molecule has 4 rings (SSSR count). The second-order valence-corrected chi connectivity index (χ2v) is 8.82. The molecular formula is C24H24ClN3O6. The molecule has 10 heteroatoms. The highest BCUT2D eigenvalue weighted by molar-refractivity contribution is 6.32. The molecule has 9 nitrogen and oxygen atoms in total. The van der Waals surface area contributed by atoms with Gasteiger partial charge < -0.3 is 9.64 Å². The van der Waals surface area contributed by atoms with Crippen molar-refractivity contribution in [2.45, 2.75) is 50.6 Å². The predicted octanol–water partition coefficient (Wildman–Crippen LogP) is 4.36. The molecule has 0 radical (unpaired) electrons. The number of nitro benzene ring substituents is 1. The van der Waals surface area contributed by atoms with Gasteiger partial charge in [0, 0.05) is 17.7 Å². The van der Waals surface area contributed by atoms with E-state index in [-0.39, 0.29) is 28.7 Å². The number of rotatable bonds is 6. The van der Waals surface area contributed by atoms with Gasteiger partial charge in [-0.3, -0.25) is 24.5 Å². The summed E-state index contributed by atoms with van der Waals surface area (Å²) in [6.07, 6.45) is 4.06. The van der Waals surface area contributed by atoms with E-state index in [9.17, 15) is 24.5 Å². The monoisotopic (exact) mass is 485 g/mol. The maximum Gasteiger partial charge on any atom is 0.288 e. The van der Waals surface area contributed by atoms with Crippen LogP contribution in [0, 0.1) is 10.1 Å². The first-order valence-corrected chi connectivity index (χ1v) is 11.5. The lowest BCUT2D eigenvalue weighted by Crippen LogP contribution is -2.51. The summed E-state index contributed by atoms with van der Waals surface area (Å²) in [5, 5.41) is 11.3. The molecule has 2 aromatic carbocycles. The Hall–Kier alpha value is -3.46. The number of methoxy groups -OCH3 is 1. The molecule has 1 saturated carbocycles. The fraction of sp³-hybridized carbons (Fsp3) is 0.375. The van der Waals surface area contributed by atoms with Crippen LogP contribution in [0.4, 0.5) is 11.4 Å². The Kier molecular flexibility index (Phi) is 6.83. The highest BCUT2D eigenvalue weighted by Crippen LogP contribution is 2.34. The van der Waals surface area contributed by atoms with Gasteiger partial charge in [-0.25, -0.2) is 4.90 Å². The van der Waals surface area contributed by atoms with Crippen molar-refractivity contribution in [2.24, 2.45) is 0 Å². The van der Waals surface area contributed by atoms with E-state index in [1.807, 2.05) is 0 Å². The lowest BCUT2D eigenvalue weighted by molar-refractivity contribution is -0.384. The molecule has 2 aliphatic rings. The molecule has 1 unspecified atom stereocenters. The van der Waals surface area contributed by atoms with E-state index in [1.54, 1.807) is 24.3 Å². The topological polar surface area (TPSA) is 110 Å². The van der Waals surface area contributed by atoms with Crippen LogP contribution < -0.4 is 9.64 Å². The van der Waals surface area contributed by atoms with Crippen LogP contribution in [0.25, 0.3) is 0 Å². The number of amides is 3. The van der Waals surface area contributed by atoms with Crippen LogP contribution in [0.2, 0.25) is 5.02 Å². The number of hydrogen-bond donors (Lipinski definition) is 0. The van der Waals surface area contributed by atoms with Crippen LogP contribution in [0.15, 0.2) is 42.5 Å². The van der Waals surface area contributed by atoms with Gasteiger partial charge in [-0.2, -0.15) is 0 Å². The van der Waals surface area contributed by atoms with Crippen molar-refractivity contribution in [1.29, 1.82) is 0 Å². The molecule has 34 heavy (non-hydrogen) atoms. The number of carbonyl (C=O) groups is 3. The smallest absolute Gasteiger partial charge is 0.288 e. The molecule has 0 spiro atoms. The Balaban J connectivity index is 1.69. The maximum atomic E-state index is 13.7. The fourth-order valence-electron chi connectivity index (χ4n) is 4.69.